The number of pyridine rings is 1. The summed E-state index contributed by atoms with van der Waals surface area (Å²) in [6.45, 7) is 10.3. The fourth-order valence-electron chi connectivity index (χ4n) is 8.00. The van der Waals surface area contributed by atoms with E-state index >= 15 is 0 Å². The molecule has 4 amide bonds. The number of hydrogen-bond donors (Lipinski definition) is 3. The minimum Gasteiger partial charge on any atom is -0.494 e. The van der Waals surface area contributed by atoms with Gasteiger partial charge in [0.15, 0.2) is 0 Å². The highest BCUT2D eigenvalue weighted by Crippen LogP contribution is 2.48. The van der Waals surface area contributed by atoms with Crippen LogP contribution in [0.1, 0.15) is 92.4 Å². The van der Waals surface area contributed by atoms with Crippen molar-refractivity contribution in [3.8, 4) is 11.6 Å². The number of nitrogens with zero attached hydrogens (tertiary/aromatic N) is 2. The van der Waals surface area contributed by atoms with E-state index in [9.17, 15) is 27.6 Å². The van der Waals surface area contributed by atoms with Crippen molar-refractivity contribution in [1.82, 2.24) is 25.2 Å². The van der Waals surface area contributed by atoms with Gasteiger partial charge in [0.2, 0.25) is 27.7 Å². The van der Waals surface area contributed by atoms with E-state index in [1.165, 1.54) is 4.90 Å². The highest BCUT2D eigenvalue weighted by Gasteiger charge is 2.63. The highest BCUT2D eigenvalue weighted by molar-refractivity contribution is 7.91. The Labute approximate surface area is 328 Å². The van der Waals surface area contributed by atoms with Crippen LogP contribution in [0, 0.1) is 23.2 Å². The van der Waals surface area contributed by atoms with Crippen LogP contribution in [0.5, 0.6) is 11.6 Å². The maximum atomic E-state index is 14.8. The Bertz CT molecular complexity index is 2010. The van der Waals surface area contributed by atoms with Crippen LogP contribution in [0.25, 0.3) is 10.8 Å². The zero-order valence-corrected chi connectivity index (χ0v) is 33.8. The summed E-state index contributed by atoms with van der Waals surface area (Å²) in [5, 5.41) is 7.33. The van der Waals surface area contributed by atoms with E-state index < -0.39 is 68.2 Å². The number of hydrogen-bond acceptors (Lipinski definition) is 10. The van der Waals surface area contributed by atoms with Gasteiger partial charge in [-0.2, -0.15) is 0 Å². The van der Waals surface area contributed by atoms with Crippen molar-refractivity contribution >= 4 is 44.6 Å². The Kier molecular flexibility index (Phi) is 10.8. The van der Waals surface area contributed by atoms with Crippen molar-refractivity contribution in [1.29, 1.82) is 0 Å². The molecular formula is C41H55N5O9S. The first-order valence-electron chi connectivity index (χ1n) is 20.0. The Morgan fingerprint density at radius 1 is 1.07 bits per heavy atom. The molecule has 0 unspecified atom stereocenters. The van der Waals surface area contributed by atoms with Gasteiger partial charge < -0.3 is 29.7 Å². The summed E-state index contributed by atoms with van der Waals surface area (Å²) in [4.78, 5) is 62.5. The third-order valence-electron chi connectivity index (χ3n) is 12.5. The smallest absolute Gasteiger partial charge is 0.407 e. The molecule has 1 aromatic carbocycles. The van der Waals surface area contributed by atoms with E-state index in [2.05, 4.69) is 27.3 Å². The fourth-order valence-corrected chi connectivity index (χ4v) is 9.31. The van der Waals surface area contributed by atoms with E-state index in [-0.39, 0.29) is 43.2 Å². The zero-order valence-electron chi connectivity index (χ0n) is 33.0. The van der Waals surface area contributed by atoms with E-state index in [0.29, 0.717) is 43.9 Å². The number of fused-ring (bicyclic) bond motifs is 3. The number of rotatable bonds is 10. The molecule has 3 heterocycles. The van der Waals surface area contributed by atoms with Gasteiger partial charge in [-0.15, -0.1) is 0 Å². The summed E-state index contributed by atoms with van der Waals surface area (Å²) in [6.07, 6.45) is 9.23. The molecule has 7 rings (SSSR count). The SMILES string of the molecule is CCOc1ccc2c(O[C@@H]3C[C@H]4C(=O)N[C@]5(C(=O)NS(=O)(=O)C6(C)CC6)C[C@H]5/C=C\CC[C@@H](C)C[C@@H](C)[C@H](NC(=O)OCC5(C)CC5)C(=O)N4C3)nccc2c1. The van der Waals surface area contributed by atoms with E-state index in [1.807, 2.05) is 57.2 Å². The molecular weight excluding hydrogens is 739 g/mol. The third-order valence-corrected chi connectivity index (χ3v) is 14.6. The Hall–Kier alpha value is -4.40. The lowest BCUT2D eigenvalue weighted by molar-refractivity contribution is -0.142. The van der Waals surface area contributed by atoms with Crippen LogP contribution >= 0.6 is 0 Å². The van der Waals surface area contributed by atoms with Crippen molar-refractivity contribution in [2.45, 2.75) is 121 Å². The van der Waals surface area contributed by atoms with Gasteiger partial charge in [0.1, 0.15) is 29.5 Å². The number of sulfonamides is 1. The molecule has 5 aliphatic rings. The van der Waals surface area contributed by atoms with Gasteiger partial charge in [0.25, 0.3) is 5.91 Å². The van der Waals surface area contributed by atoms with Gasteiger partial charge in [0, 0.05) is 29.3 Å². The summed E-state index contributed by atoms with van der Waals surface area (Å²) in [6, 6.07) is 5.28. The lowest BCUT2D eigenvalue weighted by atomic mass is 9.88. The predicted molar refractivity (Wildman–Crippen MR) is 208 cm³/mol. The quantitative estimate of drug-likeness (QED) is 0.284. The van der Waals surface area contributed by atoms with Gasteiger partial charge in [-0.25, -0.2) is 18.2 Å². The lowest BCUT2D eigenvalue weighted by Gasteiger charge is -2.32. The van der Waals surface area contributed by atoms with Crippen LogP contribution in [0.3, 0.4) is 0 Å². The van der Waals surface area contributed by atoms with E-state index in [4.69, 9.17) is 14.2 Å². The maximum absolute atomic E-state index is 14.8. The maximum Gasteiger partial charge on any atom is 0.407 e. The summed E-state index contributed by atoms with van der Waals surface area (Å²) in [5.74, 6) is -1.45. The summed E-state index contributed by atoms with van der Waals surface area (Å²) >= 11 is 0. The van der Waals surface area contributed by atoms with Gasteiger partial charge in [-0.3, -0.25) is 19.1 Å². The lowest BCUT2D eigenvalue weighted by Crippen LogP contribution is -2.59. The highest BCUT2D eigenvalue weighted by atomic mass is 32.2. The van der Waals surface area contributed by atoms with Crippen LogP contribution in [0.2, 0.25) is 0 Å². The second kappa shape index (κ2) is 15.2. The standard InChI is InChI=1S/C41H55N5O9S/c1-6-53-29-11-12-31-27(20-29)13-18-42-35(31)55-30-21-32-34(47)44-41(37(49)45-56(51,52)40(5)16-17-40)22-28(41)10-8-7-9-25(2)19-26(3)33(36(48)46(32)23-30)43-38(50)54-24-39(4)14-15-39/h8,10-13,18,20,25-26,28,30,32-33H,6-7,9,14-17,19,21-24H2,1-5H3,(H,43,50)(H,44,47)(H,45,49)/b10-8-/t25-,26-,28-,30-,32+,33+,41-/m1/s1. The van der Waals surface area contributed by atoms with Crippen molar-refractivity contribution in [2.24, 2.45) is 23.2 Å². The first-order chi connectivity index (χ1) is 26.6. The number of allylic oxidation sites excluding steroid dienone is 1. The molecule has 0 spiro atoms. The van der Waals surface area contributed by atoms with Gasteiger partial charge in [0.05, 0.1) is 24.5 Å². The van der Waals surface area contributed by atoms with Crippen molar-refractivity contribution in [2.75, 3.05) is 19.8 Å². The topological polar surface area (TPSA) is 182 Å². The Morgan fingerprint density at radius 2 is 1.84 bits per heavy atom. The molecule has 0 radical (unpaired) electrons. The molecule has 56 heavy (non-hydrogen) atoms. The van der Waals surface area contributed by atoms with Gasteiger partial charge >= 0.3 is 6.09 Å². The molecule has 3 aliphatic carbocycles. The molecule has 0 bridgehead atoms. The average Bonchev–Trinajstić information content (AvgIpc) is 4.11. The van der Waals surface area contributed by atoms with Gasteiger partial charge in [-0.05, 0) is 107 Å². The number of ether oxygens (including phenoxy) is 3. The molecule has 304 valence electrons. The van der Waals surface area contributed by atoms with Crippen molar-refractivity contribution < 1.29 is 41.8 Å². The molecule has 4 fully saturated rings. The Balaban J connectivity index is 1.20. The number of carbonyl (C=O) groups excluding carboxylic acids is 4. The summed E-state index contributed by atoms with van der Waals surface area (Å²) in [5.41, 5.74) is -1.58. The first kappa shape index (κ1) is 39.8. The molecule has 1 saturated heterocycles. The average molecular weight is 794 g/mol. The minimum atomic E-state index is -3.99. The summed E-state index contributed by atoms with van der Waals surface area (Å²) < 4.78 is 45.4. The molecule has 3 saturated carbocycles. The number of alkyl carbamates (subject to hydrolysis) is 1. The van der Waals surface area contributed by atoms with Crippen LogP contribution in [0.15, 0.2) is 42.6 Å². The Morgan fingerprint density at radius 3 is 2.55 bits per heavy atom. The molecule has 2 aliphatic heterocycles. The molecule has 3 N–H and O–H groups in total. The van der Waals surface area contributed by atoms with E-state index in [1.54, 1.807) is 13.1 Å². The second-order valence-electron chi connectivity index (χ2n) is 17.4. The molecule has 14 nitrogen and oxygen atoms in total. The van der Waals surface area contributed by atoms with Crippen LogP contribution in [0.4, 0.5) is 4.79 Å². The molecule has 2 aromatic rings. The third kappa shape index (κ3) is 8.33. The fraction of sp³-hybridized carbons (Fsp3) is 0.634. The number of carbonyl (C=O) groups is 4. The van der Waals surface area contributed by atoms with Crippen LogP contribution < -0.4 is 24.8 Å². The summed E-state index contributed by atoms with van der Waals surface area (Å²) in [7, 11) is -3.99. The molecule has 1 aromatic heterocycles. The minimum absolute atomic E-state index is 0.00511. The second-order valence-corrected chi connectivity index (χ2v) is 19.6. The molecule has 15 heteroatoms. The predicted octanol–water partition coefficient (Wildman–Crippen LogP) is 4.76. The van der Waals surface area contributed by atoms with Gasteiger partial charge in [-0.1, -0.05) is 32.9 Å². The largest absolute Gasteiger partial charge is 0.494 e. The van der Waals surface area contributed by atoms with E-state index in [0.717, 1.165) is 30.0 Å². The van der Waals surface area contributed by atoms with Crippen molar-refractivity contribution in [3.05, 3.63) is 42.6 Å². The number of benzene rings is 1. The van der Waals surface area contributed by atoms with Crippen LogP contribution in [-0.4, -0.2) is 90.3 Å². The first-order valence-corrected chi connectivity index (χ1v) is 21.5. The normalized spacial score (nSPS) is 31.3. The van der Waals surface area contributed by atoms with Crippen LogP contribution in [-0.2, 0) is 29.1 Å². The number of amides is 4. The number of aromatic nitrogens is 1. The monoisotopic (exact) mass is 793 g/mol. The molecule has 7 atom stereocenters. The zero-order chi connectivity index (χ0) is 40.0. The van der Waals surface area contributed by atoms with Crippen molar-refractivity contribution in [3.63, 3.8) is 0 Å². The number of nitrogens with one attached hydrogen (secondary N) is 3.